The van der Waals surface area contributed by atoms with Crippen LogP contribution < -0.4 is 5.32 Å². The highest BCUT2D eigenvalue weighted by Crippen LogP contribution is 2.43. The van der Waals surface area contributed by atoms with Crippen molar-refractivity contribution in [3.63, 3.8) is 0 Å². The minimum atomic E-state index is -0.267. The Balaban J connectivity index is 1.52. The smallest absolute Gasteiger partial charge is 0.257 e. The van der Waals surface area contributed by atoms with Gasteiger partial charge in [0.1, 0.15) is 11.5 Å². The first kappa shape index (κ1) is 16.8. The largest absolute Gasteiger partial charge is 0.466 e. The maximum atomic E-state index is 12.8. The number of likely N-dealkylation sites (tertiary alicyclic amines) is 1. The fourth-order valence-corrected chi connectivity index (χ4v) is 4.42. The summed E-state index contributed by atoms with van der Waals surface area (Å²) in [5.74, 6) is 1.65. The van der Waals surface area contributed by atoms with E-state index in [1.165, 1.54) is 0 Å². The van der Waals surface area contributed by atoms with E-state index >= 15 is 0 Å². The lowest BCUT2D eigenvalue weighted by Gasteiger charge is -2.43. The van der Waals surface area contributed by atoms with Gasteiger partial charge in [0.25, 0.3) is 5.91 Å². The zero-order valence-electron chi connectivity index (χ0n) is 15.1. The van der Waals surface area contributed by atoms with E-state index in [1.807, 2.05) is 30.9 Å². The van der Waals surface area contributed by atoms with E-state index in [-0.39, 0.29) is 23.3 Å². The summed E-state index contributed by atoms with van der Waals surface area (Å²) in [5.41, 5.74) is 1.51. The summed E-state index contributed by atoms with van der Waals surface area (Å²) >= 11 is 0. The molecule has 1 spiro atoms. The zero-order valence-corrected chi connectivity index (χ0v) is 15.1. The van der Waals surface area contributed by atoms with Crippen LogP contribution in [0.1, 0.15) is 52.6 Å². The molecule has 2 amide bonds. The number of amides is 2. The van der Waals surface area contributed by atoms with E-state index in [0.717, 1.165) is 24.2 Å². The summed E-state index contributed by atoms with van der Waals surface area (Å²) in [7, 11) is 0. The zero-order chi connectivity index (χ0) is 18.3. The lowest BCUT2D eigenvalue weighted by atomic mass is 9.74. The number of aromatic nitrogens is 1. The van der Waals surface area contributed by atoms with Crippen LogP contribution in [0.2, 0.25) is 0 Å². The molecule has 6 nitrogen and oxygen atoms in total. The molecule has 6 heteroatoms. The summed E-state index contributed by atoms with van der Waals surface area (Å²) in [6, 6.07) is 5.78. The standard InChI is InChI=1S/C20H23N3O3/c1-13-11-16(14(2)26-13)19(25)23-9-5-20(6-10-23)17(12-18(24)22-20)15-3-7-21-8-4-15/h3-4,7-8,11,17H,5-6,9-10,12H2,1-2H3,(H,22,24). The summed E-state index contributed by atoms with van der Waals surface area (Å²) in [6.45, 7) is 4.93. The van der Waals surface area contributed by atoms with Crippen molar-refractivity contribution in [2.75, 3.05) is 13.1 Å². The number of nitrogens with one attached hydrogen (secondary N) is 1. The fraction of sp³-hybridized carbons (Fsp3) is 0.450. The molecule has 4 rings (SSSR count). The van der Waals surface area contributed by atoms with E-state index in [9.17, 15) is 9.59 Å². The molecule has 2 aromatic heterocycles. The van der Waals surface area contributed by atoms with Gasteiger partial charge in [-0.2, -0.15) is 0 Å². The van der Waals surface area contributed by atoms with Gasteiger partial charge in [-0.25, -0.2) is 0 Å². The molecule has 2 aliphatic heterocycles. The van der Waals surface area contributed by atoms with Crippen LogP contribution >= 0.6 is 0 Å². The number of furan rings is 1. The van der Waals surface area contributed by atoms with Crippen molar-refractivity contribution in [3.8, 4) is 0 Å². The Hall–Kier alpha value is -2.63. The second kappa shape index (κ2) is 6.27. The van der Waals surface area contributed by atoms with E-state index in [0.29, 0.717) is 30.8 Å². The molecule has 1 unspecified atom stereocenters. The molecule has 0 radical (unpaired) electrons. The van der Waals surface area contributed by atoms with Gasteiger partial charge in [0.2, 0.25) is 5.91 Å². The Morgan fingerprint density at radius 1 is 1.27 bits per heavy atom. The third kappa shape index (κ3) is 2.79. The number of carbonyl (C=O) groups is 2. The minimum absolute atomic E-state index is 0.0129. The number of hydrogen-bond acceptors (Lipinski definition) is 4. The molecule has 2 aromatic rings. The Labute approximate surface area is 152 Å². The number of piperidine rings is 1. The molecule has 0 saturated carbocycles. The lowest BCUT2D eigenvalue weighted by molar-refractivity contribution is -0.120. The van der Waals surface area contributed by atoms with Crippen LogP contribution in [0.15, 0.2) is 35.0 Å². The normalized spacial score (nSPS) is 21.8. The number of rotatable bonds is 2. The molecule has 136 valence electrons. The fourth-order valence-electron chi connectivity index (χ4n) is 4.42. The predicted octanol–water partition coefficient (Wildman–Crippen LogP) is 2.57. The molecule has 0 aliphatic carbocycles. The molecule has 1 N–H and O–H groups in total. The van der Waals surface area contributed by atoms with Gasteiger partial charge in [0.15, 0.2) is 0 Å². The Kier molecular flexibility index (Phi) is 4.05. The Morgan fingerprint density at radius 2 is 1.96 bits per heavy atom. The van der Waals surface area contributed by atoms with Crippen LogP contribution in [0.25, 0.3) is 0 Å². The van der Waals surface area contributed by atoms with Gasteiger partial charge in [-0.3, -0.25) is 14.6 Å². The van der Waals surface area contributed by atoms with Gasteiger partial charge < -0.3 is 14.6 Å². The van der Waals surface area contributed by atoms with Gasteiger partial charge >= 0.3 is 0 Å². The van der Waals surface area contributed by atoms with Crippen molar-refractivity contribution < 1.29 is 14.0 Å². The van der Waals surface area contributed by atoms with Crippen LogP contribution in [-0.2, 0) is 4.79 Å². The average Bonchev–Trinajstić information content (AvgIpc) is 3.14. The van der Waals surface area contributed by atoms with Crippen LogP contribution in [0.5, 0.6) is 0 Å². The molecule has 2 fully saturated rings. The van der Waals surface area contributed by atoms with E-state index in [2.05, 4.69) is 10.3 Å². The van der Waals surface area contributed by atoms with E-state index in [1.54, 1.807) is 18.5 Å². The monoisotopic (exact) mass is 353 g/mol. The summed E-state index contributed by atoms with van der Waals surface area (Å²) in [6.07, 6.45) is 5.56. The van der Waals surface area contributed by atoms with Crippen molar-refractivity contribution in [1.82, 2.24) is 15.2 Å². The predicted molar refractivity (Wildman–Crippen MR) is 95.8 cm³/mol. The van der Waals surface area contributed by atoms with Gasteiger partial charge in [0.05, 0.1) is 11.1 Å². The second-order valence-corrected chi connectivity index (χ2v) is 7.36. The summed E-state index contributed by atoms with van der Waals surface area (Å²) in [4.78, 5) is 30.9. The molecule has 0 bridgehead atoms. The maximum absolute atomic E-state index is 12.8. The molecule has 1 atom stereocenters. The number of carbonyl (C=O) groups excluding carboxylic acids is 2. The second-order valence-electron chi connectivity index (χ2n) is 7.36. The first-order valence-electron chi connectivity index (χ1n) is 9.06. The molecular weight excluding hydrogens is 330 g/mol. The first-order chi connectivity index (χ1) is 12.5. The van der Waals surface area contributed by atoms with Crippen molar-refractivity contribution in [1.29, 1.82) is 0 Å². The maximum Gasteiger partial charge on any atom is 0.257 e. The summed E-state index contributed by atoms with van der Waals surface area (Å²) in [5, 5.41) is 3.22. The van der Waals surface area contributed by atoms with Gasteiger partial charge in [-0.15, -0.1) is 0 Å². The van der Waals surface area contributed by atoms with E-state index < -0.39 is 0 Å². The molecule has 4 heterocycles. The van der Waals surface area contributed by atoms with Crippen molar-refractivity contribution in [2.45, 2.75) is 44.6 Å². The first-order valence-corrected chi connectivity index (χ1v) is 9.06. The third-order valence-electron chi connectivity index (χ3n) is 5.77. The Morgan fingerprint density at radius 3 is 2.58 bits per heavy atom. The SMILES string of the molecule is Cc1cc(C(=O)N2CCC3(CC2)NC(=O)CC3c2ccncc2)c(C)o1. The molecule has 2 aliphatic rings. The highest BCUT2D eigenvalue weighted by molar-refractivity contribution is 5.95. The van der Waals surface area contributed by atoms with Crippen LogP contribution in [0.3, 0.4) is 0 Å². The quantitative estimate of drug-likeness (QED) is 0.900. The minimum Gasteiger partial charge on any atom is -0.466 e. The van der Waals surface area contributed by atoms with Crippen LogP contribution in [-0.4, -0.2) is 40.3 Å². The Bertz CT molecular complexity index is 835. The van der Waals surface area contributed by atoms with Gasteiger partial charge in [0, 0.05) is 37.8 Å². The van der Waals surface area contributed by atoms with Crippen molar-refractivity contribution >= 4 is 11.8 Å². The van der Waals surface area contributed by atoms with Crippen LogP contribution in [0.4, 0.5) is 0 Å². The van der Waals surface area contributed by atoms with Crippen molar-refractivity contribution in [3.05, 3.63) is 53.2 Å². The highest BCUT2D eigenvalue weighted by Gasteiger charge is 2.49. The molecule has 2 saturated heterocycles. The number of aryl methyl sites for hydroxylation is 2. The highest BCUT2D eigenvalue weighted by atomic mass is 16.3. The van der Waals surface area contributed by atoms with E-state index in [4.69, 9.17) is 4.42 Å². The number of nitrogens with zero attached hydrogens (tertiary/aromatic N) is 2. The average molecular weight is 353 g/mol. The molecular formula is C20H23N3O3. The summed E-state index contributed by atoms with van der Waals surface area (Å²) < 4.78 is 5.50. The van der Waals surface area contributed by atoms with Gasteiger partial charge in [-0.05, 0) is 50.5 Å². The topological polar surface area (TPSA) is 75.4 Å². The molecule has 26 heavy (non-hydrogen) atoms. The third-order valence-corrected chi connectivity index (χ3v) is 5.77. The molecule has 0 aromatic carbocycles. The van der Waals surface area contributed by atoms with Crippen LogP contribution in [0, 0.1) is 13.8 Å². The lowest BCUT2D eigenvalue weighted by Crippen LogP contribution is -2.54. The number of hydrogen-bond donors (Lipinski definition) is 1. The number of pyridine rings is 1. The van der Waals surface area contributed by atoms with Crippen molar-refractivity contribution in [2.24, 2.45) is 0 Å². The van der Waals surface area contributed by atoms with Gasteiger partial charge in [-0.1, -0.05) is 0 Å².